The summed E-state index contributed by atoms with van der Waals surface area (Å²) in [7, 11) is 0. The predicted octanol–water partition coefficient (Wildman–Crippen LogP) is -0.207. The lowest BCUT2D eigenvalue weighted by molar-refractivity contribution is -0.198. The Morgan fingerprint density at radius 2 is 0.652 bits per heavy atom. The summed E-state index contributed by atoms with van der Waals surface area (Å²) in [6.45, 7) is 10.8. The molecule has 66 heavy (non-hydrogen) atoms. The molecule has 4 amide bonds. The van der Waals surface area contributed by atoms with Gasteiger partial charge >= 0.3 is 11.9 Å². The molecule has 0 radical (unpaired) electrons. The quantitative estimate of drug-likeness (QED) is 0.0251. The first-order valence-corrected chi connectivity index (χ1v) is 22.1. The molecule has 0 spiro atoms. The van der Waals surface area contributed by atoms with Gasteiger partial charge in [0.2, 0.25) is 0 Å². The van der Waals surface area contributed by atoms with E-state index in [0.717, 1.165) is 0 Å². The maximum Gasteiger partial charge on any atom is 0.335 e. The second-order valence-electron chi connectivity index (χ2n) is 13.7. The van der Waals surface area contributed by atoms with Gasteiger partial charge in [-0.1, -0.05) is 5.11 Å². The highest BCUT2D eigenvalue weighted by molar-refractivity contribution is 6.02. The monoisotopic (exact) mass is 952 g/mol. The summed E-state index contributed by atoms with van der Waals surface area (Å²) < 4.78 is 66.3. The van der Waals surface area contributed by atoms with Crippen LogP contribution in [0.5, 0.6) is 0 Å². The highest BCUT2D eigenvalue weighted by atomic mass is 16.7. The van der Waals surface area contributed by atoms with Crippen molar-refractivity contribution in [2.24, 2.45) is 5.11 Å². The highest BCUT2D eigenvalue weighted by Crippen LogP contribution is 2.13. The third-order valence-electron chi connectivity index (χ3n) is 8.70. The van der Waals surface area contributed by atoms with Crippen molar-refractivity contribution in [3.8, 4) is 0 Å². The number of azide groups is 1. The highest BCUT2D eigenvalue weighted by Gasteiger charge is 2.33. The van der Waals surface area contributed by atoms with Crippen molar-refractivity contribution in [3.63, 3.8) is 0 Å². The van der Waals surface area contributed by atoms with Gasteiger partial charge in [0.1, 0.15) is 0 Å². The lowest BCUT2D eigenvalue weighted by atomic mass is 10.4. The van der Waals surface area contributed by atoms with Crippen LogP contribution in [-0.4, -0.2) is 235 Å². The molecule has 2 aliphatic heterocycles. The van der Waals surface area contributed by atoms with E-state index < -0.39 is 35.6 Å². The standard InChI is InChI=1S/C40H68N6O20/c41-43-42-7-13-55-19-25-61-31-34-64-28-22-58-16-10-44(8-14-56-20-26-62-32-29-59-23-17-53-11-5-39(51)65-45-35(47)1-2-36(45)48)9-15-57-21-27-63-33-30-60-24-18-54-12-6-40(52)66-46-37(49)3-4-38(46)50/h1-34H2. The Morgan fingerprint density at radius 1 is 0.409 bits per heavy atom. The van der Waals surface area contributed by atoms with Crippen LogP contribution in [0.4, 0.5) is 0 Å². The van der Waals surface area contributed by atoms with Crippen LogP contribution in [0, 0.1) is 0 Å². The molecule has 2 heterocycles. The minimum atomic E-state index is -0.722. The van der Waals surface area contributed by atoms with Crippen LogP contribution in [-0.2, 0) is 95.3 Å². The number of carbonyl (C=O) groups is 6. The Hall–Kier alpha value is -3.99. The van der Waals surface area contributed by atoms with Crippen LogP contribution >= 0.6 is 0 Å². The maximum absolute atomic E-state index is 11.8. The van der Waals surface area contributed by atoms with Crippen LogP contribution in [0.15, 0.2) is 5.11 Å². The Morgan fingerprint density at radius 3 is 0.924 bits per heavy atom. The fraction of sp³-hybridized carbons (Fsp3) is 0.850. The molecule has 0 unspecified atom stereocenters. The van der Waals surface area contributed by atoms with Gasteiger partial charge in [-0.05, 0) is 5.53 Å². The van der Waals surface area contributed by atoms with Gasteiger partial charge in [0, 0.05) is 56.8 Å². The van der Waals surface area contributed by atoms with Crippen LogP contribution in [0.1, 0.15) is 38.5 Å². The molecule has 2 aliphatic rings. The van der Waals surface area contributed by atoms with Gasteiger partial charge in [-0.15, -0.1) is 10.1 Å². The van der Waals surface area contributed by atoms with E-state index in [1.807, 2.05) is 0 Å². The number of nitrogens with zero attached hydrogens (tertiary/aromatic N) is 6. The van der Waals surface area contributed by atoms with E-state index in [1.54, 1.807) is 0 Å². The van der Waals surface area contributed by atoms with Crippen molar-refractivity contribution in [1.29, 1.82) is 0 Å². The molecule has 26 heteroatoms. The molecular weight excluding hydrogens is 884 g/mol. The minimum Gasteiger partial charge on any atom is -0.379 e. The minimum absolute atomic E-state index is 0.0372. The van der Waals surface area contributed by atoms with Gasteiger partial charge in [-0.2, -0.15) is 0 Å². The maximum atomic E-state index is 11.8. The van der Waals surface area contributed by atoms with E-state index in [1.165, 1.54) is 0 Å². The first-order chi connectivity index (χ1) is 32.3. The smallest absolute Gasteiger partial charge is 0.335 e. The van der Waals surface area contributed by atoms with E-state index in [9.17, 15) is 28.8 Å². The lowest BCUT2D eigenvalue weighted by Crippen LogP contribution is -2.34. The Labute approximate surface area is 384 Å². The molecule has 2 rings (SSSR count). The van der Waals surface area contributed by atoms with Gasteiger partial charge in [-0.25, -0.2) is 9.59 Å². The molecule has 2 saturated heterocycles. The summed E-state index contributed by atoms with van der Waals surface area (Å²) >= 11 is 0. The number of hydroxylamine groups is 4. The predicted molar refractivity (Wildman–Crippen MR) is 224 cm³/mol. The average molecular weight is 953 g/mol. The number of rotatable bonds is 47. The Bertz CT molecular complexity index is 1290. The SMILES string of the molecule is [N-]=[N+]=NCCOCCOCCOCCOCCN(CCOCCOCCOCCOCCC(=O)ON1C(=O)CCC1=O)CCOCCOCCOCCOCCC(=O)ON1C(=O)CCC1=O. The third-order valence-corrected chi connectivity index (χ3v) is 8.70. The molecule has 0 aliphatic carbocycles. The number of hydrogen-bond acceptors (Lipinski definition) is 22. The molecule has 0 saturated carbocycles. The molecule has 0 atom stereocenters. The number of imide groups is 2. The van der Waals surface area contributed by atoms with Crippen LogP contribution < -0.4 is 0 Å². The van der Waals surface area contributed by atoms with Crippen molar-refractivity contribution in [1.82, 2.24) is 15.0 Å². The van der Waals surface area contributed by atoms with E-state index in [4.69, 9.17) is 72.0 Å². The van der Waals surface area contributed by atoms with E-state index in [0.29, 0.717) is 162 Å². The van der Waals surface area contributed by atoms with Crippen LogP contribution in [0.2, 0.25) is 0 Å². The van der Waals surface area contributed by atoms with Crippen molar-refractivity contribution in [3.05, 3.63) is 10.4 Å². The van der Waals surface area contributed by atoms with Crippen molar-refractivity contribution in [2.45, 2.75) is 38.5 Å². The zero-order valence-electron chi connectivity index (χ0n) is 37.9. The molecular formula is C40H68N6O20. The number of carbonyl (C=O) groups excluding carboxylic acids is 6. The van der Waals surface area contributed by atoms with E-state index >= 15 is 0 Å². The molecule has 0 aromatic heterocycles. The van der Waals surface area contributed by atoms with E-state index in [2.05, 4.69) is 14.9 Å². The van der Waals surface area contributed by atoms with E-state index in [-0.39, 0.29) is 71.5 Å². The first kappa shape index (κ1) is 58.1. The number of hydrogen-bond donors (Lipinski definition) is 0. The summed E-state index contributed by atoms with van der Waals surface area (Å²) in [6, 6.07) is 0. The summed E-state index contributed by atoms with van der Waals surface area (Å²) in [5, 5.41) is 4.40. The first-order valence-electron chi connectivity index (χ1n) is 22.1. The van der Waals surface area contributed by atoms with Crippen LogP contribution in [0.3, 0.4) is 0 Å². The molecule has 378 valence electrons. The topological polar surface area (TPSA) is 290 Å². The summed E-state index contributed by atoms with van der Waals surface area (Å²) in [6.07, 6.45) is -0.0580. The van der Waals surface area contributed by atoms with Crippen LogP contribution in [0.25, 0.3) is 10.4 Å². The summed E-state index contributed by atoms with van der Waals surface area (Å²) in [4.78, 5) is 83.9. The molecule has 0 aromatic rings. The Kier molecular flexibility index (Phi) is 36.3. The Balaban J connectivity index is 1.46. The average Bonchev–Trinajstić information content (AvgIpc) is 3.80. The largest absolute Gasteiger partial charge is 0.379 e. The fourth-order valence-corrected chi connectivity index (χ4v) is 5.27. The number of ether oxygens (including phenoxy) is 12. The van der Waals surface area contributed by atoms with Crippen molar-refractivity contribution >= 4 is 35.6 Å². The molecule has 0 N–H and O–H groups in total. The van der Waals surface area contributed by atoms with Crippen molar-refractivity contribution < 1.29 is 95.3 Å². The van der Waals surface area contributed by atoms with Gasteiger partial charge in [0.25, 0.3) is 23.6 Å². The molecule has 26 nitrogen and oxygen atoms in total. The van der Waals surface area contributed by atoms with Crippen molar-refractivity contribution in [2.75, 3.05) is 185 Å². The van der Waals surface area contributed by atoms with Gasteiger partial charge in [-0.3, -0.25) is 24.1 Å². The van der Waals surface area contributed by atoms with Gasteiger partial charge in [0.05, 0.1) is 171 Å². The summed E-state index contributed by atoms with van der Waals surface area (Å²) in [5.41, 5.74) is 8.24. The second-order valence-corrected chi connectivity index (χ2v) is 13.7. The molecule has 0 aromatic carbocycles. The lowest BCUT2D eigenvalue weighted by Gasteiger charge is -2.22. The number of amides is 4. The van der Waals surface area contributed by atoms with Gasteiger partial charge in [0.15, 0.2) is 0 Å². The molecule has 0 bridgehead atoms. The zero-order chi connectivity index (χ0) is 47.6. The summed E-state index contributed by atoms with van der Waals surface area (Å²) in [5.74, 6) is -3.56. The third kappa shape index (κ3) is 31.8. The second kappa shape index (κ2) is 41.2. The zero-order valence-corrected chi connectivity index (χ0v) is 37.9. The van der Waals surface area contributed by atoms with Gasteiger partial charge < -0.3 is 66.5 Å². The molecule has 2 fully saturated rings. The fourth-order valence-electron chi connectivity index (χ4n) is 5.27. The normalized spacial score (nSPS) is 14.0.